The van der Waals surface area contributed by atoms with Crippen molar-refractivity contribution in [3.8, 4) is 0 Å². The zero-order chi connectivity index (χ0) is 10.6. The van der Waals surface area contributed by atoms with Gasteiger partial charge in [0.1, 0.15) is 11.2 Å². The van der Waals surface area contributed by atoms with E-state index in [4.69, 9.17) is 5.11 Å². The Balaban J connectivity index is 4.43. The molecule has 1 N–H and O–H groups in total. The summed E-state index contributed by atoms with van der Waals surface area (Å²) in [6, 6.07) is 0. The van der Waals surface area contributed by atoms with E-state index in [9.17, 15) is 14.4 Å². The average Bonchev–Trinajstić information content (AvgIpc) is 2.03. The van der Waals surface area contributed by atoms with E-state index < -0.39 is 17.2 Å². The van der Waals surface area contributed by atoms with Crippen LogP contribution in [0.1, 0.15) is 33.6 Å². The fourth-order valence-electron chi connectivity index (χ4n) is 0.644. The predicted octanol–water partition coefficient (Wildman–Crippen LogP) is 1.04. The van der Waals surface area contributed by atoms with Gasteiger partial charge in [-0.25, -0.2) is 0 Å². The average molecular weight is 186 g/mol. The van der Waals surface area contributed by atoms with Crippen molar-refractivity contribution in [1.29, 1.82) is 0 Å². The van der Waals surface area contributed by atoms with E-state index >= 15 is 0 Å². The Labute approximate surface area is 76.9 Å². The molecule has 0 unspecified atom stereocenters. The van der Waals surface area contributed by atoms with Gasteiger partial charge in [-0.2, -0.15) is 0 Å². The molecule has 0 spiro atoms. The van der Waals surface area contributed by atoms with Gasteiger partial charge in [-0.15, -0.1) is 0 Å². The van der Waals surface area contributed by atoms with Crippen LogP contribution in [0.4, 0.5) is 0 Å². The molecule has 0 bridgehead atoms. The molecule has 0 atom stereocenters. The van der Waals surface area contributed by atoms with Crippen molar-refractivity contribution in [2.75, 3.05) is 0 Å². The molecule has 74 valence electrons. The van der Waals surface area contributed by atoms with Crippen LogP contribution in [0, 0.1) is 5.41 Å². The zero-order valence-electron chi connectivity index (χ0n) is 8.09. The molecule has 0 saturated heterocycles. The molecule has 0 heterocycles. The van der Waals surface area contributed by atoms with E-state index in [1.807, 2.05) is 0 Å². The quantitative estimate of drug-likeness (QED) is 0.651. The largest absolute Gasteiger partial charge is 0.481 e. The smallest absolute Gasteiger partial charge is 0.316 e. The number of carbonyl (C=O) groups is 3. The second kappa shape index (κ2) is 4.16. The van der Waals surface area contributed by atoms with Crippen LogP contribution in [0.2, 0.25) is 0 Å². The third-order valence-electron chi connectivity index (χ3n) is 1.98. The maximum Gasteiger partial charge on any atom is 0.316 e. The number of ketones is 2. The highest BCUT2D eigenvalue weighted by Crippen LogP contribution is 2.18. The highest BCUT2D eigenvalue weighted by atomic mass is 16.4. The lowest BCUT2D eigenvalue weighted by molar-refractivity contribution is -0.152. The number of carboxylic acid groups (broad SMARTS) is 1. The topological polar surface area (TPSA) is 71.4 Å². The molecular weight excluding hydrogens is 172 g/mol. The molecular formula is C9H14O4. The van der Waals surface area contributed by atoms with E-state index in [1.54, 1.807) is 6.92 Å². The summed E-state index contributed by atoms with van der Waals surface area (Å²) >= 11 is 0. The van der Waals surface area contributed by atoms with Gasteiger partial charge in [0.05, 0.1) is 6.42 Å². The molecule has 0 radical (unpaired) electrons. The van der Waals surface area contributed by atoms with Gasteiger partial charge in [-0.3, -0.25) is 14.4 Å². The Hall–Kier alpha value is -1.19. The van der Waals surface area contributed by atoms with Gasteiger partial charge >= 0.3 is 5.97 Å². The van der Waals surface area contributed by atoms with Crippen LogP contribution in [0.5, 0.6) is 0 Å². The molecule has 0 fully saturated rings. The van der Waals surface area contributed by atoms with Crippen molar-refractivity contribution in [2.45, 2.75) is 33.6 Å². The lowest BCUT2D eigenvalue weighted by atomic mass is 9.85. The fraction of sp³-hybridized carbons (Fsp3) is 0.667. The van der Waals surface area contributed by atoms with Crippen molar-refractivity contribution in [3.63, 3.8) is 0 Å². The second-order valence-corrected chi connectivity index (χ2v) is 3.42. The molecule has 0 aliphatic heterocycles. The Morgan fingerprint density at radius 1 is 1.23 bits per heavy atom. The summed E-state index contributed by atoms with van der Waals surface area (Å²) in [4.78, 5) is 32.8. The maximum atomic E-state index is 11.3. The van der Waals surface area contributed by atoms with Crippen LogP contribution in [-0.4, -0.2) is 22.6 Å². The summed E-state index contributed by atoms with van der Waals surface area (Å²) in [6.45, 7) is 4.25. The third kappa shape index (κ3) is 2.97. The van der Waals surface area contributed by atoms with Crippen molar-refractivity contribution >= 4 is 17.5 Å². The molecule has 0 aromatic carbocycles. The first-order valence-electron chi connectivity index (χ1n) is 4.10. The molecule has 0 rings (SSSR count). The first-order valence-corrected chi connectivity index (χ1v) is 4.10. The minimum Gasteiger partial charge on any atom is -0.481 e. The number of hydrogen-bond donors (Lipinski definition) is 1. The lowest BCUT2D eigenvalue weighted by Gasteiger charge is -2.16. The van der Waals surface area contributed by atoms with Gasteiger partial charge in [0.2, 0.25) is 0 Å². The molecule has 4 heteroatoms. The van der Waals surface area contributed by atoms with E-state index in [2.05, 4.69) is 0 Å². The van der Waals surface area contributed by atoms with Crippen molar-refractivity contribution in [1.82, 2.24) is 0 Å². The van der Waals surface area contributed by atoms with Crippen LogP contribution in [0.3, 0.4) is 0 Å². The SMILES string of the molecule is CCC(=O)CC(=O)C(C)(C)C(=O)O. The summed E-state index contributed by atoms with van der Waals surface area (Å²) in [5.41, 5.74) is -1.45. The van der Waals surface area contributed by atoms with Gasteiger partial charge < -0.3 is 5.11 Å². The van der Waals surface area contributed by atoms with E-state index in [1.165, 1.54) is 13.8 Å². The van der Waals surface area contributed by atoms with Gasteiger partial charge in [0.25, 0.3) is 0 Å². The first-order chi connectivity index (χ1) is 5.82. The first kappa shape index (κ1) is 11.8. The number of hydrogen-bond acceptors (Lipinski definition) is 3. The molecule has 0 aliphatic carbocycles. The predicted molar refractivity (Wildman–Crippen MR) is 46.3 cm³/mol. The number of carbonyl (C=O) groups excluding carboxylic acids is 2. The highest BCUT2D eigenvalue weighted by molar-refractivity contribution is 6.09. The maximum absolute atomic E-state index is 11.3. The van der Waals surface area contributed by atoms with Gasteiger partial charge in [0, 0.05) is 6.42 Å². The van der Waals surface area contributed by atoms with E-state index in [0.29, 0.717) is 0 Å². The molecule has 0 saturated carbocycles. The lowest BCUT2D eigenvalue weighted by Crippen LogP contribution is -2.34. The Morgan fingerprint density at radius 2 is 1.69 bits per heavy atom. The molecule has 4 nitrogen and oxygen atoms in total. The van der Waals surface area contributed by atoms with Crippen LogP contribution in [-0.2, 0) is 14.4 Å². The summed E-state index contributed by atoms with van der Waals surface area (Å²) < 4.78 is 0. The highest BCUT2D eigenvalue weighted by Gasteiger charge is 2.36. The third-order valence-corrected chi connectivity index (χ3v) is 1.98. The summed E-state index contributed by atoms with van der Waals surface area (Å²) in [5, 5.41) is 8.67. The molecule has 0 amide bonds. The number of aliphatic carboxylic acids is 1. The fourth-order valence-corrected chi connectivity index (χ4v) is 0.644. The van der Waals surface area contributed by atoms with Crippen molar-refractivity contribution in [2.24, 2.45) is 5.41 Å². The summed E-state index contributed by atoms with van der Waals surface area (Å²) in [6.07, 6.45) is -0.0166. The minimum atomic E-state index is -1.45. The zero-order valence-corrected chi connectivity index (χ0v) is 8.09. The van der Waals surface area contributed by atoms with Gasteiger partial charge in [-0.05, 0) is 13.8 Å². The molecule has 0 aromatic rings. The second-order valence-electron chi connectivity index (χ2n) is 3.42. The monoisotopic (exact) mass is 186 g/mol. The van der Waals surface area contributed by atoms with Gasteiger partial charge in [0.15, 0.2) is 5.78 Å². The number of carboxylic acids is 1. The normalized spacial score (nSPS) is 11.0. The summed E-state index contributed by atoms with van der Waals surface area (Å²) in [5.74, 6) is -1.95. The van der Waals surface area contributed by atoms with Crippen LogP contribution in [0.15, 0.2) is 0 Å². The molecule has 13 heavy (non-hydrogen) atoms. The van der Waals surface area contributed by atoms with Crippen molar-refractivity contribution in [3.05, 3.63) is 0 Å². The molecule has 0 aromatic heterocycles. The van der Waals surface area contributed by atoms with E-state index in [0.717, 1.165) is 0 Å². The Morgan fingerprint density at radius 3 is 2.00 bits per heavy atom. The Bertz CT molecular complexity index is 240. The van der Waals surface area contributed by atoms with Crippen LogP contribution >= 0.6 is 0 Å². The van der Waals surface area contributed by atoms with Crippen LogP contribution in [0.25, 0.3) is 0 Å². The van der Waals surface area contributed by atoms with Gasteiger partial charge in [-0.1, -0.05) is 6.92 Å². The minimum absolute atomic E-state index is 0.223. The Kier molecular flexibility index (Phi) is 3.78. The number of rotatable bonds is 5. The molecule has 0 aliphatic rings. The standard InChI is InChI=1S/C9H14O4/c1-4-6(10)5-7(11)9(2,3)8(12)13/h4-5H2,1-3H3,(H,12,13). The van der Waals surface area contributed by atoms with Crippen molar-refractivity contribution < 1.29 is 19.5 Å². The number of Topliss-reactive ketones (excluding diaryl/α,β-unsaturated/α-hetero) is 2. The summed E-state index contributed by atoms with van der Waals surface area (Å²) in [7, 11) is 0. The van der Waals surface area contributed by atoms with Crippen LogP contribution < -0.4 is 0 Å². The van der Waals surface area contributed by atoms with E-state index in [-0.39, 0.29) is 18.6 Å².